The van der Waals surface area contributed by atoms with Crippen LogP contribution in [0, 0.1) is 0 Å². The van der Waals surface area contributed by atoms with Crippen molar-refractivity contribution < 1.29 is 4.79 Å². The molecule has 0 fully saturated rings. The van der Waals surface area contributed by atoms with Crippen LogP contribution < -0.4 is 16.6 Å². The van der Waals surface area contributed by atoms with E-state index in [2.05, 4.69) is 26.2 Å². The van der Waals surface area contributed by atoms with Gasteiger partial charge in [-0.3, -0.25) is 19.1 Å². The maximum atomic E-state index is 11.8. The van der Waals surface area contributed by atoms with E-state index in [4.69, 9.17) is 0 Å². The number of hydrogen-bond acceptors (Lipinski definition) is 3. The minimum atomic E-state index is -0.618. The third-order valence-electron chi connectivity index (χ3n) is 2.61. The molecule has 0 saturated carbocycles. The molecule has 0 aliphatic rings. The summed E-state index contributed by atoms with van der Waals surface area (Å²) in [4.78, 5) is 36.5. The molecule has 1 heterocycles. The monoisotopic (exact) mass is 337 g/mol. The molecule has 0 aliphatic heterocycles. The summed E-state index contributed by atoms with van der Waals surface area (Å²) >= 11 is 3.01. The van der Waals surface area contributed by atoms with Crippen LogP contribution in [0.1, 0.15) is 5.56 Å². The minimum Gasteiger partial charge on any atom is -0.350 e. The topological polar surface area (TPSA) is 84.0 Å². The van der Waals surface area contributed by atoms with Crippen molar-refractivity contribution in [3.05, 3.63) is 67.4 Å². The van der Waals surface area contributed by atoms with Crippen LogP contribution in [0.2, 0.25) is 0 Å². The van der Waals surface area contributed by atoms with Crippen molar-refractivity contribution in [2.75, 3.05) is 0 Å². The Morgan fingerprint density at radius 1 is 1.25 bits per heavy atom. The summed E-state index contributed by atoms with van der Waals surface area (Å²) in [6.07, 6.45) is 1.29. The molecule has 0 saturated heterocycles. The van der Waals surface area contributed by atoms with Gasteiger partial charge in [-0.15, -0.1) is 0 Å². The van der Waals surface area contributed by atoms with E-state index >= 15 is 0 Å². The van der Waals surface area contributed by atoms with Crippen molar-refractivity contribution in [1.29, 1.82) is 0 Å². The van der Waals surface area contributed by atoms with Gasteiger partial charge in [0.15, 0.2) is 0 Å². The fourth-order valence-corrected chi connectivity index (χ4v) is 1.95. The summed E-state index contributed by atoms with van der Waals surface area (Å²) in [5, 5.41) is 2.70. The number of nitrogens with zero attached hydrogens (tertiary/aromatic N) is 1. The lowest BCUT2D eigenvalue weighted by Crippen LogP contribution is -2.35. The van der Waals surface area contributed by atoms with E-state index in [-0.39, 0.29) is 16.9 Å². The highest BCUT2D eigenvalue weighted by Crippen LogP contribution is 1.99. The van der Waals surface area contributed by atoms with Gasteiger partial charge in [0.2, 0.25) is 5.91 Å². The molecule has 2 N–H and O–H groups in total. The fraction of sp³-hybridized carbons (Fsp3) is 0.154. The van der Waals surface area contributed by atoms with Crippen LogP contribution in [-0.4, -0.2) is 15.5 Å². The highest BCUT2D eigenvalue weighted by Gasteiger charge is 2.07. The molecule has 0 aliphatic carbocycles. The minimum absolute atomic E-state index is 0.152. The maximum Gasteiger partial charge on any atom is 0.328 e. The van der Waals surface area contributed by atoms with E-state index in [1.54, 1.807) is 0 Å². The van der Waals surface area contributed by atoms with Gasteiger partial charge in [0.05, 0.1) is 4.47 Å². The van der Waals surface area contributed by atoms with Crippen LogP contribution in [0.3, 0.4) is 0 Å². The Morgan fingerprint density at radius 2 is 1.95 bits per heavy atom. The first kappa shape index (κ1) is 14.3. The van der Waals surface area contributed by atoms with Gasteiger partial charge in [0, 0.05) is 12.7 Å². The molecular formula is C13H12BrN3O3. The molecule has 6 nitrogen and oxygen atoms in total. The third-order valence-corrected chi connectivity index (χ3v) is 3.18. The molecule has 1 aromatic carbocycles. The van der Waals surface area contributed by atoms with Crippen LogP contribution in [-0.2, 0) is 17.9 Å². The number of nitrogens with one attached hydrogen (secondary N) is 2. The third kappa shape index (κ3) is 3.67. The Labute approximate surface area is 122 Å². The number of hydrogen-bond donors (Lipinski definition) is 2. The first-order valence-electron chi connectivity index (χ1n) is 5.86. The van der Waals surface area contributed by atoms with Gasteiger partial charge in [-0.05, 0) is 21.5 Å². The SMILES string of the molecule is O=C(Cn1cc(Br)c(=O)[nH]c1=O)NCc1ccccc1. The van der Waals surface area contributed by atoms with E-state index in [1.165, 1.54) is 6.20 Å². The van der Waals surface area contributed by atoms with E-state index in [1.807, 2.05) is 30.3 Å². The number of amides is 1. The molecule has 0 atom stereocenters. The zero-order chi connectivity index (χ0) is 14.5. The predicted octanol–water partition coefficient (Wildman–Crippen LogP) is 0.615. The molecule has 1 amide bonds. The van der Waals surface area contributed by atoms with Crippen molar-refractivity contribution in [1.82, 2.24) is 14.9 Å². The molecule has 1 aromatic heterocycles. The fourth-order valence-electron chi connectivity index (χ4n) is 1.61. The molecule has 2 rings (SSSR count). The zero-order valence-electron chi connectivity index (χ0n) is 10.4. The van der Waals surface area contributed by atoms with Gasteiger partial charge in [0.1, 0.15) is 6.54 Å². The molecule has 0 unspecified atom stereocenters. The number of benzene rings is 1. The van der Waals surface area contributed by atoms with Crippen molar-refractivity contribution in [3.63, 3.8) is 0 Å². The van der Waals surface area contributed by atoms with Gasteiger partial charge in [-0.25, -0.2) is 4.79 Å². The average molecular weight is 338 g/mol. The van der Waals surface area contributed by atoms with Crippen LogP contribution >= 0.6 is 15.9 Å². The second-order valence-electron chi connectivity index (χ2n) is 4.13. The Morgan fingerprint density at radius 3 is 2.65 bits per heavy atom. The van der Waals surface area contributed by atoms with E-state index in [0.29, 0.717) is 6.54 Å². The van der Waals surface area contributed by atoms with Gasteiger partial charge in [-0.1, -0.05) is 30.3 Å². The molecular weight excluding hydrogens is 326 g/mol. The largest absolute Gasteiger partial charge is 0.350 e. The molecule has 7 heteroatoms. The lowest BCUT2D eigenvalue weighted by molar-refractivity contribution is -0.121. The molecule has 104 valence electrons. The van der Waals surface area contributed by atoms with Gasteiger partial charge in [0.25, 0.3) is 5.56 Å². The zero-order valence-corrected chi connectivity index (χ0v) is 12.0. The predicted molar refractivity (Wildman–Crippen MR) is 77.3 cm³/mol. The molecule has 20 heavy (non-hydrogen) atoms. The Balaban J connectivity index is 2.00. The highest BCUT2D eigenvalue weighted by molar-refractivity contribution is 9.10. The maximum absolute atomic E-state index is 11.8. The van der Waals surface area contributed by atoms with Crippen molar-refractivity contribution >= 4 is 21.8 Å². The number of carbonyl (C=O) groups is 1. The summed E-state index contributed by atoms with van der Waals surface area (Å²) in [5.41, 5.74) is -0.167. The summed E-state index contributed by atoms with van der Waals surface area (Å²) < 4.78 is 1.33. The van der Waals surface area contributed by atoms with Crippen molar-refractivity contribution in [3.8, 4) is 0 Å². The van der Waals surface area contributed by atoms with Crippen molar-refractivity contribution in [2.24, 2.45) is 0 Å². The number of rotatable bonds is 4. The van der Waals surface area contributed by atoms with Gasteiger partial charge >= 0.3 is 5.69 Å². The lowest BCUT2D eigenvalue weighted by atomic mass is 10.2. The second kappa shape index (κ2) is 6.33. The van der Waals surface area contributed by atoms with Crippen LogP contribution in [0.4, 0.5) is 0 Å². The number of aromatic amines is 1. The molecule has 0 spiro atoms. The Hall–Kier alpha value is -2.15. The number of aromatic nitrogens is 2. The van der Waals surface area contributed by atoms with E-state index in [0.717, 1.165) is 10.1 Å². The van der Waals surface area contributed by atoms with Gasteiger partial charge in [-0.2, -0.15) is 0 Å². The second-order valence-corrected chi connectivity index (χ2v) is 4.98. The quantitative estimate of drug-likeness (QED) is 0.857. The summed E-state index contributed by atoms with van der Waals surface area (Å²) in [6, 6.07) is 9.44. The van der Waals surface area contributed by atoms with E-state index in [9.17, 15) is 14.4 Å². The highest BCUT2D eigenvalue weighted by atomic mass is 79.9. The molecule has 0 radical (unpaired) electrons. The average Bonchev–Trinajstić information content (AvgIpc) is 2.44. The summed E-state index contributed by atoms with van der Waals surface area (Å²) in [6.45, 7) is 0.236. The smallest absolute Gasteiger partial charge is 0.328 e. The number of H-pyrrole nitrogens is 1. The first-order valence-corrected chi connectivity index (χ1v) is 6.65. The standard InChI is InChI=1S/C13H12BrN3O3/c14-10-7-17(13(20)16-12(10)19)8-11(18)15-6-9-4-2-1-3-5-9/h1-5,7H,6,8H2,(H,15,18)(H,16,19,20). The molecule has 0 bridgehead atoms. The first-order chi connectivity index (χ1) is 9.56. The van der Waals surface area contributed by atoms with Crippen LogP contribution in [0.5, 0.6) is 0 Å². The van der Waals surface area contributed by atoms with Gasteiger partial charge < -0.3 is 5.32 Å². The van der Waals surface area contributed by atoms with Crippen molar-refractivity contribution in [2.45, 2.75) is 13.1 Å². The number of halogens is 1. The number of carbonyl (C=O) groups excluding carboxylic acids is 1. The van der Waals surface area contributed by atoms with Crippen LogP contribution in [0.25, 0.3) is 0 Å². The normalized spacial score (nSPS) is 10.2. The van der Waals surface area contributed by atoms with E-state index < -0.39 is 11.2 Å². The summed E-state index contributed by atoms with van der Waals surface area (Å²) in [5.74, 6) is -0.310. The lowest BCUT2D eigenvalue weighted by Gasteiger charge is -2.07. The Bertz CT molecular complexity index is 722. The molecule has 2 aromatic rings. The Kier molecular flexibility index (Phi) is 4.52. The van der Waals surface area contributed by atoms with Crippen LogP contribution in [0.15, 0.2) is 50.6 Å². The summed E-state index contributed by atoms with van der Waals surface area (Å²) in [7, 11) is 0.